The lowest BCUT2D eigenvalue weighted by Gasteiger charge is -1.97. The number of aromatic nitrogens is 3. The Morgan fingerprint density at radius 3 is 2.56 bits per heavy atom. The van der Waals surface area contributed by atoms with E-state index in [-0.39, 0.29) is 0 Å². The van der Waals surface area contributed by atoms with Crippen LogP contribution < -0.4 is 0 Å². The summed E-state index contributed by atoms with van der Waals surface area (Å²) >= 11 is 6.92. The Hall–Kier alpha value is -0.330. The Kier molecular flexibility index (Phi) is 3.71. The van der Waals surface area contributed by atoms with E-state index in [2.05, 4.69) is 38.0 Å². The van der Waals surface area contributed by atoms with Crippen molar-refractivity contribution in [2.24, 2.45) is 0 Å². The molecular formula is C10H12BrN3S2. The van der Waals surface area contributed by atoms with Gasteiger partial charge in [0.1, 0.15) is 5.01 Å². The molecule has 0 aliphatic rings. The molecule has 0 bridgehead atoms. The van der Waals surface area contributed by atoms with Crippen molar-refractivity contribution in [2.45, 2.75) is 32.0 Å². The number of hydrogen-bond acceptors (Lipinski definition) is 5. The maximum Gasteiger partial charge on any atom is 0.159 e. The first-order valence-corrected chi connectivity index (χ1v) is 7.58. The summed E-state index contributed by atoms with van der Waals surface area (Å²) in [5, 5.41) is 11.6. The number of halogens is 1. The molecule has 2 aromatic heterocycles. The summed E-state index contributed by atoms with van der Waals surface area (Å²) in [6.45, 7) is 6.16. The van der Waals surface area contributed by atoms with Gasteiger partial charge in [-0.3, -0.25) is 0 Å². The molecule has 0 aromatic carbocycles. The van der Waals surface area contributed by atoms with Crippen LogP contribution in [0.1, 0.15) is 33.9 Å². The molecule has 2 heterocycles. The largest absolute Gasteiger partial charge is 0.246 e. The molecule has 0 aliphatic heterocycles. The highest BCUT2D eigenvalue weighted by atomic mass is 79.9. The van der Waals surface area contributed by atoms with Crippen molar-refractivity contribution in [3.8, 4) is 9.88 Å². The molecule has 0 radical (unpaired) electrons. The molecule has 2 aromatic rings. The highest BCUT2D eigenvalue weighted by Gasteiger charge is 2.16. The summed E-state index contributed by atoms with van der Waals surface area (Å²) < 4.78 is 0. The fourth-order valence-corrected chi connectivity index (χ4v) is 3.68. The normalized spacial score (nSPS) is 13.0. The minimum atomic E-state index is 0.313. The maximum absolute atomic E-state index is 4.41. The van der Waals surface area contributed by atoms with E-state index in [4.69, 9.17) is 0 Å². The molecule has 2 rings (SSSR count). The third-order valence-electron chi connectivity index (χ3n) is 2.16. The quantitative estimate of drug-likeness (QED) is 0.799. The SMILES string of the molecule is CCC(Br)c1nnc(-c2sc(C)nc2C)s1. The van der Waals surface area contributed by atoms with E-state index < -0.39 is 0 Å². The molecule has 0 spiro atoms. The Morgan fingerprint density at radius 1 is 1.25 bits per heavy atom. The van der Waals surface area contributed by atoms with Gasteiger partial charge in [-0.1, -0.05) is 34.2 Å². The fraction of sp³-hybridized carbons (Fsp3) is 0.500. The summed E-state index contributed by atoms with van der Waals surface area (Å²) in [4.78, 5) is 5.87. The predicted octanol–water partition coefficient (Wildman–Crippen LogP) is 4.12. The summed E-state index contributed by atoms with van der Waals surface area (Å²) in [6.07, 6.45) is 1.02. The highest BCUT2D eigenvalue weighted by molar-refractivity contribution is 9.09. The van der Waals surface area contributed by atoms with Gasteiger partial charge in [-0.25, -0.2) is 4.98 Å². The smallest absolute Gasteiger partial charge is 0.159 e. The molecule has 3 nitrogen and oxygen atoms in total. The minimum absolute atomic E-state index is 0.313. The van der Waals surface area contributed by atoms with E-state index in [1.165, 1.54) is 0 Å². The minimum Gasteiger partial charge on any atom is -0.246 e. The molecule has 0 saturated heterocycles. The van der Waals surface area contributed by atoms with E-state index in [0.717, 1.165) is 32.0 Å². The second-order valence-electron chi connectivity index (χ2n) is 3.47. The number of alkyl halides is 1. The Balaban J connectivity index is 2.35. The summed E-state index contributed by atoms with van der Waals surface area (Å²) in [5.41, 5.74) is 1.05. The van der Waals surface area contributed by atoms with Crippen LogP contribution in [0.5, 0.6) is 0 Å². The van der Waals surface area contributed by atoms with Gasteiger partial charge in [0.15, 0.2) is 5.01 Å². The van der Waals surface area contributed by atoms with Gasteiger partial charge in [0.2, 0.25) is 0 Å². The monoisotopic (exact) mass is 317 g/mol. The lowest BCUT2D eigenvalue weighted by Crippen LogP contribution is -1.84. The molecule has 16 heavy (non-hydrogen) atoms. The second-order valence-corrected chi connectivity index (χ2v) is 6.79. The zero-order valence-corrected chi connectivity index (χ0v) is 12.5. The van der Waals surface area contributed by atoms with Gasteiger partial charge >= 0.3 is 0 Å². The third-order valence-corrected chi connectivity index (χ3v) is 5.81. The second kappa shape index (κ2) is 4.89. The standard InChI is InChI=1S/C10H12BrN3S2/c1-4-7(11)9-13-14-10(16-9)8-5(2)12-6(3)15-8/h7H,4H2,1-3H3. The zero-order valence-electron chi connectivity index (χ0n) is 9.32. The van der Waals surface area contributed by atoms with Crippen LogP contribution >= 0.6 is 38.6 Å². The summed E-state index contributed by atoms with van der Waals surface area (Å²) in [7, 11) is 0. The molecule has 6 heteroatoms. The van der Waals surface area contributed by atoms with Crippen LogP contribution in [-0.2, 0) is 0 Å². The molecule has 86 valence electrons. The first-order valence-electron chi connectivity index (χ1n) is 5.03. The van der Waals surface area contributed by atoms with Crippen molar-refractivity contribution in [1.82, 2.24) is 15.2 Å². The Labute approximate surface area is 111 Å². The first-order chi connectivity index (χ1) is 7.61. The number of aryl methyl sites for hydroxylation is 2. The van der Waals surface area contributed by atoms with E-state index in [1.54, 1.807) is 22.7 Å². The van der Waals surface area contributed by atoms with Gasteiger partial charge in [-0.05, 0) is 20.3 Å². The average molecular weight is 318 g/mol. The maximum atomic E-state index is 4.41. The van der Waals surface area contributed by atoms with Crippen molar-refractivity contribution >= 4 is 38.6 Å². The predicted molar refractivity (Wildman–Crippen MR) is 72.5 cm³/mol. The lowest BCUT2D eigenvalue weighted by atomic mass is 10.4. The van der Waals surface area contributed by atoms with Crippen LogP contribution in [-0.4, -0.2) is 15.2 Å². The van der Waals surface area contributed by atoms with Crippen LogP contribution in [0.25, 0.3) is 9.88 Å². The van der Waals surface area contributed by atoms with E-state index >= 15 is 0 Å². The molecule has 1 atom stereocenters. The van der Waals surface area contributed by atoms with Crippen LogP contribution in [0, 0.1) is 13.8 Å². The number of nitrogens with zero attached hydrogens (tertiary/aromatic N) is 3. The first kappa shape index (κ1) is 12.1. The Bertz CT molecular complexity index is 492. The molecule has 0 N–H and O–H groups in total. The average Bonchev–Trinajstić information content (AvgIpc) is 2.83. The van der Waals surface area contributed by atoms with E-state index in [1.807, 2.05) is 13.8 Å². The number of hydrogen-bond donors (Lipinski definition) is 0. The van der Waals surface area contributed by atoms with Gasteiger partial charge in [-0.2, -0.15) is 0 Å². The van der Waals surface area contributed by atoms with Gasteiger partial charge in [0, 0.05) is 0 Å². The third kappa shape index (κ3) is 2.33. The molecule has 1 unspecified atom stereocenters. The molecule has 0 saturated carbocycles. The van der Waals surface area contributed by atoms with Crippen LogP contribution in [0.2, 0.25) is 0 Å². The van der Waals surface area contributed by atoms with Gasteiger partial charge in [0.25, 0.3) is 0 Å². The van der Waals surface area contributed by atoms with Gasteiger partial charge in [-0.15, -0.1) is 21.5 Å². The lowest BCUT2D eigenvalue weighted by molar-refractivity contribution is 0.870. The number of thiazole rings is 1. The van der Waals surface area contributed by atoms with Crippen molar-refractivity contribution in [2.75, 3.05) is 0 Å². The molecule has 0 fully saturated rings. The van der Waals surface area contributed by atoms with E-state index in [0.29, 0.717) is 4.83 Å². The van der Waals surface area contributed by atoms with Crippen molar-refractivity contribution in [3.05, 3.63) is 15.7 Å². The molecule has 0 amide bonds. The molecule has 0 aliphatic carbocycles. The van der Waals surface area contributed by atoms with Gasteiger partial charge in [0.05, 0.1) is 20.4 Å². The highest BCUT2D eigenvalue weighted by Crippen LogP contribution is 2.36. The Morgan fingerprint density at radius 2 is 2.00 bits per heavy atom. The van der Waals surface area contributed by atoms with Crippen LogP contribution in [0.15, 0.2) is 0 Å². The van der Waals surface area contributed by atoms with Crippen molar-refractivity contribution in [1.29, 1.82) is 0 Å². The van der Waals surface area contributed by atoms with Crippen molar-refractivity contribution < 1.29 is 0 Å². The van der Waals surface area contributed by atoms with E-state index in [9.17, 15) is 0 Å². The van der Waals surface area contributed by atoms with Crippen LogP contribution in [0.4, 0.5) is 0 Å². The summed E-state index contributed by atoms with van der Waals surface area (Å²) in [6, 6.07) is 0. The van der Waals surface area contributed by atoms with Gasteiger partial charge < -0.3 is 0 Å². The topological polar surface area (TPSA) is 38.7 Å². The fourth-order valence-electron chi connectivity index (χ4n) is 1.36. The van der Waals surface area contributed by atoms with Crippen molar-refractivity contribution in [3.63, 3.8) is 0 Å². The van der Waals surface area contributed by atoms with Crippen LogP contribution in [0.3, 0.4) is 0 Å². The molecular weight excluding hydrogens is 306 g/mol. The zero-order chi connectivity index (χ0) is 11.7. The summed E-state index contributed by atoms with van der Waals surface area (Å²) in [5.74, 6) is 0. The number of rotatable bonds is 3.